The molecule has 1 N–H and O–H groups in total. The molecule has 1 unspecified atom stereocenters. The van der Waals surface area contributed by atoms with Gasteiger partial charge in [0.05, 0.1) is 10.6 Å². The first-order valence-corrected chi connectivity index (χ1v) is 8.05. The lowest BCUT2D eigenvalue weighted by Crippen LogP contribution is -2.25. The first-order valence-electron chi connectivity index (χ1n) is 7.07. The van der Waals surface area contributed by atoms with Gasteiger partial charge in [0.25, 0.3) is 0 Å². The van der Waals surface area contributed by atoms with Crippen molar-refractivity contribution in [1.29, 1.82) is 0 Å². The predicted octanol–water partition coefficient (Wildman–Crippen LogP) is 3.32. The molecule has 2 heterocycles. The van der Waals surface area contributed by atoms with E-state index in [0.717, 1.165) is 35.3 Å². The summed E-state index contributed by atoms with van der Waals surface area (Å²) in [7, 11) is 4.12. The topological polar surface area (TPSA) is 31.4 Å². The minimum absolute atomic E-state index is 0.0740. The molecular formula is C16H20FN3S. The van der Waals surface area contributed by atoms with Crippen molar-refractivity contribution in [1.82, 2.24) is 9.88 Å². The number of aromatic amines is 1. The molecule has 1 aromatic heterocycles. The molecule has 1 aliphatic rings. The van der Waals surface area contributed by atoms with Crippen molar-refractivity contribution in [2.24, 2.45) is 4.99 Å². The highest BCUT2D eigenvalue weighted by Crippen LogP contribution is 2.31. The van der Waals surface area contributed by atoms with Crippen LogP contribution in [0.1, 0.15) is 12.6 Å². The van der Waals surface area contributed by atoms with Crippen molar-refractivity contribution in [3.8, 4) is 0 Å². The summed E-state index contributed by atoms with van der Waals surface area (Å²) in [6.45, 7) is 3.09. The Labute approximate surface area is 128 Å². The number of thioether (sulfide) groups is 1. The fourth-order valence-corrected chi connectivity index (χ4v) is 3.99. The molecule has 0 fully saturated rings. The number of halogens is 1. The molecule has 2 aromatic rings. The molecule has 0 saturated carbocycles. The largest absolute Gasteiger partial charge is 0.358 e. The highest BCUT2D eigenvalue weighted by atomic mass is 32.2. The van der Waals surface area contributed by atoms with Gasteiger partial charge in [-0.1, -0.05) is 0 Å². The third-order valence-corrected chi connectivity index (χ3v) is 4.93. The Bertz CT molecular complexity index is 692. The second kappa shape index (κ2) is 5.46. The number of fused-ring (bicyclic) bond motifs is 1. The van der Waals surface area contributed by atoms with Gasteiger partial charge >= 0.3 is 0 Å². The van der Waals surface area contributed by atoms with Crippen LogP contribution < -0.4 is 0 Å². The summed E-state index contributed by atoms with van der Waals surface area (Å²) in [5.41, 5.74) is 1.90. The second-order valence-corrected chi connectivity index (χ2v) is 7.28. The summed E-state index contributed by atoms with van der Waals surface area (Å²) in [6, 6.07) is 6.97. The van der Waals surface area contributed by atoms with Crippen molar-refractivity contribution in [2.45, 2.75) is 18.9 Å². The van der Waals surface area contributed by atoms with Crippen LogP contribution in [0, 0.1) is 5.82 Å². The molecule has 0 spiro atoms. The zero-order valence-electron chi connectivity index (χ0n) is 12.6. The lowest BCUT2D eigenvalue weighted by Gasteiger charge is -2.18. The van der Waals surface area contributed by atoms with Crippen LogP contribution in [-0.2, 0) is 6.42 Å². The highest BCUT2D eigenvalue weighted by Gasteiger charge is 2.31. The fraction of sp³-hybridized carbons (Fsp3) is 0.438. The van der Waals surface area contributed by atoms with E-state index >= 15 is 0 Å². The van der Waals surface area contributed by atoms with Crippen LogP contribution in [0.15, 0.2) is 29.3 Å². The maximum atomic E-state index is 13.2. The molecule has 0 bridgehead atoms. The Kier molecular flexibility index (Phi) is 3.80. The van der Waals surface area contributed by atoms with Gasteiger partial charge in [0.1, 0.15) is 5.82 Å². The fourth-order valence-electron chi connectivity index (χ4n) is 2.71. The zero-order valence-corrected chi connectivity index (χ0v) is 13.4. The normalized spacial score (nSPS) is 22.2. The molecule has 0 radical (unpaired) electrons. The second-order valence-electron chi connectivity index (χ2n) is 6.23. The number of hydrogen-bond donors (Lipinski definition) is 1. The van der Waals surface area contributed by atoms with Crippen LogP contribution in [0.25, 0.3) is 10.9 Å². The Morgan fingerprint density at radius 1 is 1.38 bits per heavy atom. The number of H-pyrrole nitrogens is 1. The van der Waals surface area contributed by atoms with E-state index in [9.17, 15) is 4.39 Å². The van der Waals surface area contributed by atoms with Gasteiger partial charge in [0, 0.05) is 29.9 Å². The first-order chi connectivity index (χ1) is 9.93. The van der Waals surface area contributed by atoms with Gasteiger partial charge in [0.2, 0.25) is 0 Å². The van der Waals surface area contributed by atoms with Crippen molar-refractivity contribution < 1.29 is 4.39 Å². The van der Waals surface area contributed by atoms with Crippen molar-refractivity contribution in [3.63, 3.8) is 0 Å². The average Bonchev–Trinajstić information content (AvgIpc) is 2.91. The van der Waals surface area contributed by atoms with Crippen molar-refractivity contribution >= 4 is 27.7 Å². The highest BCUT2D eigenvalue weighted by molar-refractivity contribution is 8.14. The zero-order chi connectivity index (χ0) is 15.0. The van der Waals surface area contributed by atoms with Crippen LogP contribution in [0.5, 0.6) is 0 Å². The molecule has 21 heavy (non-hydrogen) atoms. The molecule has 0 aliphatic carbocycles. The van der Waals surface area contributed by atoms with Gasteiger partial charge in [-0.15, -0.1) is 11.8 Å². The maximum Gasteiger partial charge on any atom is 0.125 e. The summed E-state index contributed by atoms with van der Waals surface area (Å²) in [5.74, 6) is 0.796. The summed E-state index contributed by atoms with van der Waals surface area (Å²) in [6.07, 6.45) is 0.854. The molecule has 5 heteroatoms. The van der Waals surface area contributed by atoms with Gasteiger partial charge in [-0.2, -0.15) is 0 Å². The van der Waals surface area contributed by atoms with E-state index in [1.807, 2.05) is 17.8 Å². The van der Waals surface area contributed by atoms with E-state index in [4.69, 9.17) is 4.99 Å². The Morgan fingerprint density at radius 2 is 2.19 bits per heavy atom. The monoisotopic (exact) mass is 305 g/mol. The van der Waals surface area contributed by atoms with E-state index in [2.05, 4.69) is 37.0 Å². The lowest BCUT2D eigenvalue weighted by molar-refractivity contribution is 0.468. The van der Waals surface area contributed by atoms with Crippen molar-refractivity contribution in [2.75, 3.05) is 26.4 Å². The van der Waals surface area contributed by atoms with E-state index in [1.54, 1.807) is 6.07 Å². The predicted molar refractivity (Wildman–Crippen MR) is 88.8 cm³/mol. The summed E-state index contributed by atoms with van der Waals surface area (Å²) in [4.78, 5) is 10.3. The third kappa shape index (κ3) is 3.30. The molecular weight excluding hydrogens is 285 g/mol. The Morgan fingerprint density at radius 3 is 2.95 bits per heavy atom. The average molecular weight is 305 g/mol. The van der Waals surface area contributed by atoms with Crippen molar-refractivity contribution in [3.05, 3.63) is 35.8 Å². The van der Waals surface area contributed by atoms with Crippen LogP contribution >= 0.6 is 11.8 Å². The van der Waals surface area contributed by atoms with E-state index in [1.165, 1.54) is 11.1 Å². The van der Waals surface area contributed by atoms with Crippen LogP contribution in [0.3, 0.4) is 0 Å². The lowest BCUT2D eigenvalue weighted by atomic mass is 9.99. The minimum Gasteiger partial charge on any atom is -0.358 e. The van der Waals surface area contributed by atoms with E-state index < -0.39 is 0 Å². The van der Waals surface area contributed by atoms with Gasteiger partial charge in [0.15, 0.2) is 0 Å². The number of nitrogens with zero attached hydrogens (tertiary/aromatic N) is 2. The maximum absolute atomic E-state index is 13.2. The molecule has 1 aliphatic heterocycles. The third-order valence-electron chi connectivity index (χ3n) is 3.61. The molecule has 3 nitrogen and oxygen atoms in total. The van der Waals surface area contributed by atoms with E-state index in [-0.39, 0.29) is 11.4 Å². The number of rotatable bonds is 4. The van der Waals surface area contributed by atoms with Gasteiger partial charge < -0.3 is 9.88 Å². The minimum atomic E-state index is -0.204. The molecule has 1 aromatic carbocycles. The van der Waals surface area contributed by atoms with Crippen LogP contribution in [0.4, 0.5) is 4.39 Å². The Balaban J connectivity index is 1.80. The summed E-state index contributed by atoms with van der Waals surface area (Å²) in [5, 5.41) is 2.25. The number of aromatic nitrogens is 1. The smallest absolute Gasteiger partial charge is 0.125 e. The van der Waals surface area contributed by atoms with Crippen LogP contribution in [-0.4, -0.2) is 46.9 Å². The molecule has 0 saturated heterocycles. The van der Waals surface area contributed by atoms with Gasteiger partial charge in [-0.25, -0.2) is 4.39 Å². The van der Waals surface area contributed by atoms with E-state index in [0.29, 0.717) is 0 Å². The van der Waals surface area contributed by atoms with Crippen LogP contribution in [0.2, 0.25) is 0 Å². The van der Waals surface area contributed by atoms with Gasteiger partial charge in [-0.3, -0.25) is 4.99 Å². The SMILES string of the molecule is CN(C)CC1=NC(C)(Cc2cc3ccc(F)cc3[nH]2)CS1. The number of hydrogen-bond acceptors (Lipinski definition) is 3. The quantitative estimate of drug-likeness (QED) is 0.939. The van der Waals surface area contributed by atoms with Gasteiger partial charge in [-0.05, 0) is 50.7 Å². The molecule has 112 valence electrons. The summed E-state index contributed by atoms with van der Waals surface area (Å²) < 4.78 is 13.2. The number of aliphatic imine (C=N–C) groups is 1. The number of nitrogens with one attached hydrogen (secondary N) is 1. The molecule has 1 atom stereocenters. The summed E-state index contributed by atoms with van der Waals surface area (Å²) >= 11 is 1.84. The Hall–Kier alpha value is -1.33. The molecule has 3 rings (SSSR count). The number of benzene rings is 1. The molecule has 0 amide bonds. The standard InChI is InChI=1S/C16H20FN3S/c1-16(10-21-15(19-16)9-20(2)3)8-13-6-11-4-5-12(17)7-14(11)18-13/h4-7,18H,8-10H2,1-3H3. The first kappa shape index (κ1) is 14.6.